The van der Waals surface area contributed by atoms with Gasteiger partial charge in [0.1, 0.15) is 11.2 Å². The van der Waals surface area contributed by atoms with Gasteiger partial charge in [-0.15, -0.1) is 0 Å². The maximum Gasteiger partial charge on any atom is 0.411 e. The van der Waals surface area contributed by atoms with Crippen LogP contribution in [-0.2, 0) is 9.47 Å². The van der Waals surface area contributed by atoms with Crippen molar-refractivity contribution in [2.24, 2.45) is 11.8 Å². The molecule has 2 aromatic rings. The highest BCUT2D eigenvalue weighted by atomic mass is 16.6. The van der Waals surface area contributed by atoms with Crippen LogP contribution < -0.4 is 0 Å². The van der Waals surface area contributed by atoms with Gasteiger partial charge in [-0.3, -0.25) is 9.80 Å². The largest absolute Gasteiger partial charge is 0.444 e. The van der Waals surface area contributed by atoms with Gasteiger partial charge in [-0.1, -0.05) is 48.5 Å². The van der Waals surface area contributed by atoms with Crippen LogP contribution in [0.25, 0.3) is 0 Å². The standard InChI is InChI=1S/C28H32N2O4/c1-27(2,3)33-25(31)29-21-15-11-7-8-12-16(15)22(29)20-19(21)23-17-13-9-10-14-18(17)24(20)30(23)26(32)34-28(4,5)6/h7-14,19-24H,1-6H3/t19?,20?,21-,22+,23+,24-. The number of hydrogen-bond donors (Lipinski definition) is 0. The quantitative estimate of drug-likeness (QED) is 0.462. The number of benzene rings is 2. The van der Waals surface area contributed by atoms with Gasteiger partial charge >= 0.3 is 12.2 Å². The molecule has 2 aromatic carbocycles. The molecule has 0 radical (unpaired) electrons. The summed E-state index contributed by atoms with van der Waals surface area (Å²) in [5.41, 5.74) is 3.54. The molecule has 2 saturated heterocycles. The van der Waals surface area contributed by atoms with Crippen LogP contribution in [0.15, 0.2) is 48.5 Å². The predicted octanol–water partition coefficient (Wildman–Crippen LogP) is 6.31. The molecule has 6 heteroatoms. The Hall–Kier alpha value is -3.02. The van der Waals surface area contributed by atoms with Gasteiger partial charge in [0.25, 0.3) is 0 Å². The van der Waals surface area contributed by atoms with E-state index in [9.17, 15) is 9.59 Å². The van der Waals surface area contributed by atoms with Crippen LogP contribution in [-0.4, -0.2) is 33.2 Å². The van der Waals surface area contributed by atoms with Crippen molar-refractivity contribution in [2.75, 3.05) is 0 Å². The Morgan fingerprint density at radius 1 is 0.588 bits per heavy atom. The number of amides is 2. The molecule has 0 N–H and O–H groups in total. The highest BCUT2D eigenvalue weighted by Gasteiger charge is 2.71. The summed E-state index contributed by atoms with van der Waals surface area (Å²) in [7, 11) is 0. The Bertz CT molecular complexity index is 1040. The van der Waals surface area contributed by atoms with Crippen molar-refractivity contribution in [2.45, 2.75) is 76.9 Å². The number of ether oxygens (including phenoxy) is 2. The fraction of sp³-hybridized carbons (Fsp3) is 0.500. The van der Waals surface area contributed by atoms with Crippen molar-refractivity contribution in [1.82, 2.24) is 9.80 Å². The molecule has 0 aliphatic carbocycles. The van der Waals surface area contributed by atoms with E-state index in [1.807, 2.05) is 75.6 Å². The van der Waals surface area contributed by atoms with E-state index in [1.165, 1.54) is 22.3 Å². The Morgan fingerprint density at radius 3 is 1.09 bits per heavy atom. The van der Waals surface area contributed by atoms with E-state index in [1.54, 1.807) is 0 Å². The molecule has 2 unspecified atom stereocenters. The Morgan fingerprint density at radius 2 is 0.853 bits per heavy atom. The van der Waals surface area contributed by atoms with Crippen molar-refractivity contribution < 1.29 is 19.1 Å². The van der Waals surface area contributed by atoms with Gasteiger partial charge in [-0.05, 0) is 63.8 Å². The number of rotatable bonds is 0. The van der Waals surface area contributed by atoms with Crippen molar-refractivity contribution in [1.29, 1.82) is 0 Å². The predicted molar refractivity (Wildman–Crippen MR) is 127 cm³/mol. The number of carbonyl (C=O) groups excluding carboxylic acids is 2. The first-order chi connectivity index (χ1) is 16.0. The molecule has 4 aliphatic heterocycles. The van der Waals surface area contributed by atoms with Crippen LogP contribution in [0, 0.1) is 11.8 Å². The third-order valence-corrected chi connectivity index (χ3v) is 7.58. The smallest absolute Gasteiger partial charge is 0.411 e. The first kappa shape index (κ1) is 21.5. The molecule has 6 nitrogen and oxygen atoms in total. The zero-order valence-electron chi connectivity index (χ0n) is 20.6. The van der Waals surface area contributed by atoms with Crippen LogP contribution >= 0.6 is 0 Å². The van der Waals surface area contributed by atoms with E-state index in [2.05, 4.69) is 24.3 Å². The molecule has 34 heavy (non-hydrogen) atoms. The second kappa shape index (κ2) is 6.77. The first-order valence-electron chi connectivity index (χ1n) is 12.2. The summed E-state index contributed by atoms with van der Waals surface area (Å²) >= 11 is 0. The fourth-order valence-electron chi connectivity index (χ4n) is 6.89. The molecular formula is C28H32N2O4. The molecule has 4 bridgehead atoms. The zero-order chi connectivity index (χ0) is 24.2. The van der Waals surface area contributed by atoms with Crippen molar-refractivity contribution in [3.05, 3.63) is 70.8 Å². The second-order valence-electron chi connectivity index (χ2n) is 12.0. The lowest BCUT2D eigenvalue weighted by Gasteiger charge is -2.33. The van der Waals surface area contributed by atoms with Gasteiger partial charge in [0, 0.05) is 11.8 Å². The highest BCUT2D eigenvalue weighted by Crippen LogP contribution is 2.74. The van der Waals surface area contributed by atoms with Crippen LogP contribution in [0.4, 0.5) is 9.59 Å². The summed E-state index contributed by atoms with van der Waals surface area (Å²) in [5, 5.41) is 0. The molecular weight excluding hydrogens is 428 g/mol. The molecule has 4 heterocycles. The van der Waals surface area contributed by atoms with E-state index in [4.69, 9.17) is 9.47 Å². The summed E-state index contributed by atoms with van der Waals surface area (Å²) < 4.78 is 11.8. The van der Waals surface area contributed by atoms with Crippen molar-refractivity contribution >= 4 is 12.2 Å². The van der Waals surface area contributed by atoms with Gasteiger partial charge < -0.3 is 9.47 Å². The molecule has 6 atom stereocenters. The first-order valence-corrected chi connectivity index (χ1v) is 12.2. The SMILES string of the molecule is CC(C)(C)OC(=O)N1[C@@H]2c3ccccc3[C@H]1C1C2[C@@H]2c3ccccc3[C@H]1N2C(=O)OC(C)(C)C. The van der Waals surface area contributed by atoms with E-state index in [0.717, 1.165) is 0 Å². The van der Waals surface area contributed by atoms with Crippen molar-refractivity contribution in [3.8, 4) is 0 Å². The minimum Gasteiger partial charge on any atom is -0.444 e. The molecule has 0 aromatic heterocycles. The lowest BCUT2D eigenvalue weighted by molar-refractivity contribution is 0.00161. The van der Waals surface area contributed by atoms with Crippen LogP contribution in [0.3, 0.4) is 0 Å². The van der Waals surface area contributed by atoms with Crippen LogP contribution in [0.1, 0.15) is 88.0 Å². The molecule has 0 spiro atoms. The highest BCUT2D eigenvalue weighted by molar-refractivity contribution is 5.76. The second-order valence-corrected chi connectivity index (χ2v) is 12.0. The zero-order valence-corrected chi connectivity index (χ0v) is 20.6. The average Bonchev–Trinajstić information content (AvgIpc) is 3.44. The average molecular weight is 461 g/mol. The summed E-state index contributed by atoms with van der Waals surface area (Å²) in [6.45, 7) is 11.4. The maximum absolute atomic E-state index is 13.5. The molecule has 4 aliphatic rings. The topological polar surface area (TPSA) is 59.1 Å². The summed E-state index contributed by atoms with van der Waals surface area (Å²) in [6.07, 6.45) is -0.555. The van der Waals surface area contributed by atoms with E-state index in [0.29, 0.717) is 0 Å². The van der Waals surface area contributed by atoms with Gasteiger partial charge in [0.2, 0.25) is 0 Å². The Balaban J connectivity index is 1.48. The van der Waals surface area contributed by atoms with Crippen molar-refractivity contribution in [3.63, 3.8) is 0 Å². The maximum atomic E-state index is 13.5. The van der Waals surface area contributed by atoms with Gasteiger partial charge in [0.05, 0.1) is 24.2 Å². The van der Waals surface area contributed by atoms with Crippen LogP contribution in [0.5, 0.6) is 0 Å². The Kier molecular flexibility index (Phi) is 4.28. The number of nitrogens with zero attached hydrogens (tertiary/aromatic N) is 2. The van der Waals surface area contributed by atoms with E-state index >= 15 is 0 Å². The fourth-order valence-corrected chi connectivity index (χ4v) is 6.89. The number of fused-ring (bicyclic) bond motifs is 15. The van der Waals surface area contributed by atoms with Gasteiger partial charge in [0.15, 0.2) is 0 Å². The number of carbonyl (C=O) groups is 2. The summed E-state index contributed by atoms with van der Waals surface area (Å²) in [6, 6.07) is 16.1. The minimum absolute atomic E-state index is 0.0971. The van der Waals surface area contributed by atoms with Gasteiger partial charge in [-0.2, -0.15) is 0 Å². The van der Waals surface area contributed by atoms with Crippen LogP contribution in [0.2, 0.25) is 0 Å². The molecule has 2 fully saturated rings. The van der Waals surface area contributed by atoms with E-state index in [-0.39, 0.29) is 48.2 Å². The minimum atomic E-state index is -0.578. The molecule has 178 valence electrons. The Labute approximate surface area is 200 Å². The molecule has 6 rings (SSSR count). The third-order valence-electron chi connectivity index (χ3n) is 7.58. The number of hydrogen-bond acceptors (Lipinski definition) is 4. The molecule has 0 saturated carbocycles. The van der Waals surface area contributed by atoms with Gasteiger partial charge in [-0.25, -0.2) is 9.59 Å². The van der Waals surface area contributed by atoms with E-state index < -0.39 is 11.2 Å². The summed E-state index contributed by atoms with van der Waals surface area (Å²) in [5.74, 6) is 0.194. The lowest BCUT2D eigenvalue weighted by atomic mass is 9.67. The third kappa shape index (κ3) is 2.87. The lowest BCUT2D eigenvalue weighted by Crippen LogP contribution is -2.40. The summed E-state index contributed by atoms with van der Waals surface area (Å²) in [4.78, 5) is 31.0. The monoisotopic (exact) mass is 460 g/mol. The normalized spacial score (nSPS) is 30.2. The molecule has 2 amide bonds.